The van der Waals surface area contributed by atoms with Crippen molar-refractivity contribution < 1.29 is 44.6 Å². The molecule has 1 heterocycles. The monoisotopic (exact) mass is 713 g/mol. The van der Waals surface area contributed by atoms with Crippen LogP contribution in [-0.4, -0.2) is 18.6 Å². The smallest absolute Gasteiger partial charge is 0.406 e. The van der Waals surface area contributed by atoms with Crippen LogP contribution in [0, 0.1) is 23.0 Å². The molecular formula is C33H28ClF8N5O2. The maximum Gasteiger partial charge on any atom is 0.573 e. The van der Waals surface area contributed by atoms with Gasteiger partial charge in [0.2, 0.25) is 0 Å². The predicted octanol–water partition coefficient (Wildman–Crippen LogP) is 8.78. The number of alkyl halides is 6. The van der Waals surface area contributed by atoms with Gasteiger partial charge in [0.05, 0.1) is 17.8 Å². The summed E-state index contributed by atoms with van der Waals surface area (Å²) >= 11 is 0. The van der Waals surface area contributed by atoms with Crippen LogP contribution in [0.5, 0.6) is 11.5 Å². The minimum absolute atomic E-state index is 0. The van der Waals surface area contributed by atoms with Crippen LogP contribution in [0.25, 0.3) is 6.08 Å². The van der Waals surface area contributed by atoms with Gasteiger partial charge in [-0.25, -0.2) is 8.78 Å². The lowest BCUT2D eigenvalue weighted by Gasteiger charge is -2.24. The highest BCUT2D eigenvalue weighted by Crippen LogP contribution is 2.36. The van der Waals surface area contributed by atoms with Crippen molar-refractivity contribution >= 4 is 30.0 Å². The zero-order valence-electron chi connectivity index (χ0n) is 25.1. The van der Waals surface area contributed by atoms with Crippen LogP contribution in [0.1, 0.15) is 29.2 Å². The number of halogens is 9. The van der Waals surface area contributed by atoms with Gasteiger partial charge in [0.25, 0.3) is 0 Å². The van der Waals surface area contributed by atoms with Gasteiger partial charge in [-0.05, 0) is 83.4 Å². The van der Waals surface area contributed by atoms with Crippen molar-refractivity contribution in [2.75, 3.05) is 5.01 Å². The van der Waals surface area contributed by atoms with E-state index in [1.165, 1.54) is 84.9 Å². The molecule has 0 amide bonds. The fraction of sp³-hybridized carbons (Fsp3) is 0.152. The second kappa shape index (κ2) is 18.3. The van der Waals surface area contributed by atoms with Crippen LogP contribution in [0.4, 0.5) is 40.8 Å². The van der Waals surface area contributed by atoms with Crippen LogP contribution < -0.4 is 25.9 Å². The molecule has 4 N–H and O–H groups in total. The third-order valence-corrected chi connectivity index (χ3v) is 6.09. The standard InChI is InChI=1S/C16H13F4N3O.C10H6F3NO.C7H8FN.ClH/c17-11-4-6-12(7-5-11)23-14(9-15(21)22-23)10-2-1-3-13(8-10)24-16(18,19)20;11-10(12,13)15-9-5-1-3-8(7-9)4-2-6-14;8-7-3-1-6(5-9)2-4-7;/h1-8,14H,9H2,(H2,21,22);1-5,7H;1-4H,5,9H2;1H. The van der Waals surface area contributed by atoms with Gasteiger partial charge in [-0.15, -0.1) is 38.7 Å². The van der Waals surface area contributed by atoms with Crippen molar-refractivity contribution in [1.29, 1.82) is 5.26 Å². The molecule has 1 unspecified atom stereocenters. The van der Waals surface area contributed by atoms with Crippen LogP contribution in [-0.2, 0) is 6.54 Å². The summed E-state index contributed by atoms with van der Waals surface area (Å²) in [5.41, 5.74) is 13.6. The van der Waals surface area contributed by atoms with Crippen LogP contribution in [0.15, 0.2) is 108 Å². The van der Waals surface area contributed by atoms with E-state index < -0.39 is 24.6 Å². The van der Waals surface area contributed by atoms with Crippen LogP contribution in [0.2, 0.25) is 0 Å². The van der Waals surface area contributed by atoms with E-state index in [4.69, 9.17) is 16.7 Å². The average Bonchev–Trinajstić information content (AvgIpc) is 3.41. The first kappa shape index (κ1) is 39.8. The molecule has 0 fully saturated rings. The third-order valence-electron chi connectivity index (χ3n) is 6.09. The zero-order chi connectivity index (χ0) is 35.3. The lowest BCUT2D eigenvalue weighted by atomic mass is 10.0. The van der Waals surface area contributed by atoms with Gasteiger partial charge in [0.15, 0.2) is 0 Å². The zero-order valence-corrected chi connectivity index (χ0v) is 25.9. The van der Waals surface area contributed by atoms with Crippen molar-refractivity contribution in [2.24, 2.45) is 16.6 Å². The molecule has 5 rings (SSSR count). The van der Waals surface area contributed by atoms with Crippen molar-refractivity contribution in [3.05, 3.63) is 131 Å². The molecule has 0 spiro atoms. The molecule has 0 saturated heterocycles. The first-order chi connectivity index (χ1) is 22.7. The van der Waals surface area contributed by atoms with Gasteiger partial charge in [-0.1, -0.05) is 36.4 Å². The minimum Gasteiger partial charge on any atom is -0.406 e. The van der Waals surface area contributed by atoms with Crippen LogP contribution in [0.3, 0.4) is 0 Å². The van der Waals surface area contributed by atoms with E-state index in [2.05, 4.69) is 14.6 Å². The van der Waals surface area contributed by atoms with Gasteiger partial charge in [-0.2, -0.15) is 10.4 Å². The molecule has 0 aromatic heterocycles. The molecule has 4 aromatic carbocycles. The van der Waals surface area contributed by atoms with Crippen molar-refractivity contribution in [1.82, 2.24) is 0 Å². The number of nitriles is 1. The number of anilines is 1. The summed E-state index contributed by atoms with van der Waals surface area (Å²) in [6, 6.07) is 24.1. The van der Waals surface area contributed by atoms with E-state index in [0.29, 0.717) is 35.6 Å². The van der Waals surface area contributed by atoms with Crippen molar-refractivity contribution in [2.45, 2.75) is 31.7 Å². The average molecular weight is 714 g/mol. The molecular weight excluding hydrogens is 686 g/mol. The largest absolute Gasteiger partial charge is 0.573 e. The number of amidine groups is 1. The Kier molecular flexibility index (Phi) is 14.9. The first-order valence-electron chi connectivity index (χ1n) is 13.8. The molecule has 49 heavy (non-hydrogen) atoms. The highest BCUT2D eigenvalue weighted by Gasteiger charge is 2.33. The summed E-state index contributed by atoms with van der Waals surface area (Å²) in [5.74, 6) is -0.891. The third kappa shape index (κ3) is 14.1. The summed E-state index contributed by atoms with van der Waals surface area (Å²) in [6.45, 7) is 0.472. The van der Waals surface area contributed by atoms with Crippen LogP contribution >= 0.6 is 12.4 Å². The topological polar surface area (TPSA) is 110 Å². The van der Waals surface area contributed by atoms with E-state index in [1.54, 1.807) is 35.3 Å². The SMILES string of the molecule is Cl.N#CC=Cc1cccc(OC(F)(F)F)c1.NC1=NN(c2ccc(F)cc2)C(c2cccc(OC(F)(F)F)c2)C1.NCc1ccc(F)cc1. The minimum atomic E-state index is -4.76. The number of nitrogens with two attached hydrogens (primary N) is 2. The van der Waals surface area contributed by atoms with E-state index in [0.717, 1.165) is 5.56 Å². The summed E-state index contributed by atoms with van der Waals surface area (Å²) in [5, 5.41) is 14.0. The van der Waals surface area contributed by atoms with E-state index in [-0.39, 0.29) is 29.7 Å². The molecule has 1 atom stereocenters. The number of benzene rings is 4. The van der Waals surface area contributed by atoms with E-state index >= 15 is 0 Å². The number of hydrogen-bond acceptors (Lipinski definition) is 7. The number of hydrogen-bond donors (Lipinski definition) is 2. The Morgan fingerprint density at radius 1 is 0.816 bits per heavy atom. The molecule has 0 aliphatic carbocycles. The lowest BCUT2D eigenvalue weighted by Crippen LogP contribution is -2.20. The molecule has 1 aliphatic heterocycles. The highest BCUT2D eigenvalue weighted by molar-refractivity contribution is 5.85. The summed E-state index contributed by atoms with van der Waals surface area (Å²) in [4.78, 5) is 0. The fourth-order valence-corrected chi connectivity index (χ4v) is 4.11. The molecule has 0 saturated carbocycles. The second-order valence-corrected chi connectivity index (χ2v) is 9.67. The number of nitrogens with zero attached hydrogens (tertiary/aromatic N) is 3. The van der Waals surface area contributed by atoms with Gasteiger partial charge in [-0.3, -0.25) is 5.01 Å². The first-order valence-corrected chi connectivity index (χ1v) is 13.8. The molecule has 0 bridgehead atoms. The Hall–Kier alpha value is -5.33. The van der Waals surface area contributed by atoms with Crippen molar-refractivity contribution in [3.8, 4) is 17.6 Å². The molecule has 0 radical (unpaired) electrons. The number of rotatable bonds is 6. The molecule has 1 aliphatic rings. The van der Waals surface area contributed by atoms with Crippen molar-refractivity contribution in [3.63, 3.8) is 0 Å². The van der Waals surface area contributed by atoms with Gasteiger partial charge < -0.3 is 20.9 Å². The maximum atomic E-state index is 13.1. The summed E-state index contributed by atoms with van der Waals surface area (Å²) < 4.78 is 106. The molecule has 4 aromatic rings. The Balaban J connectivity index is 0.000000284. The van der Waals surface area contributed by atoms with Gasteiger partial charge >= 0.3 is 12.7 Å². The number of allylic oxidation sites excluding steroid dienone is 1. The van der Waals surface area contributed by atoms with Gasteiger partial charge in [0.1, 0.15) is 29.0 Å². The Bertz CT molecular complexity index is 1730. The molecule has 7 nitrogen and oxygen atoms in total. The molecule has 260 valence electrons. The predicted molar refractivity (Wildman–Crippen MR) is 170 cm³/mol. The maximum absolute atomic E-state index is 13.1. The number of ether oxygens (including phenoxy) is 2. The Labute approximate surface area is 282 Å². The lowest BCUT2D eigenvalue weighted by molar-refractivity contribution is -0.275. The Morgan fingerprint density at radius 3 is 1.88 bits per heavy atom. The molecule has 16 heteroatoms. The fourth-order valence-electron chi connectivity index (χ4n) is 4.11. The van der Waals surface area contributed by atoms with E-state index in [1.807, 2.05) is 0 Å². The second-order valence-electron chi connectivity index (χ2n) is 9.67. The van der Waals surface area contributed by atoms with Gasteiger partial charge in [0, 0.05) is 19.0 Å². The Morgan fingerprint density at radius 2 is 1.35 bits per heavy atom. The van der Waals surface area contributed by atoms with E-state index in [9.17, 15) is 35.1 Å². The summed E-state index contributed by atoms with van der Waals surface area (Å²) in [6.07, 6.45) is -6.55. The number of hydrazone groups is 1. The quantitative estimate of drug-likeness (QED) is 0.153. The normalized spacial score (nSPS) is 13.9. The highest BCUT2D eigenvalue weighted by atomic mass is 35.5. The summed E-state index contributed by atoms with van der Waals surface area (Å²) in [7, 11) is 0.